The van der Waals surface area contributed by atoms with E-state index in [4.69, 9.17) is 0 Å². The van der Waals surface area contributed by atoms with E-state index in [-0.39, 0.29) is 35.0 Å². The highest BCUT2D eigenvalue weighted by Crippen LogP contribution is 2.44. The number of imidazole rings is 1. The number of fused-ring (bicyclic) bond motifs is 3. The Morgan fingerprint density at radius 1 is 1.23 bits per heavy atom. The molecule has 3 N–H and O–H groups in total. The van der Waals surface area contributed by atoms with Gasteiger partial charge in [0.15, 0.2) is 0 Å². The topological polar surface area (TPSA) is 131 Å². The predicted octanol–water partition coefficient (Wildman–Crippen LogP) is 4.23. The molecular formula is C28H28F2N6O4. The normalized spacial score (nSPS) is 18.2. The van der Waals surface area contributed by atoms with Gasteiger partial charge in [-0.1, -0.05) is 19.1 Å². The van der Waals surface area contributed by atoms with Gasteiger partial charge < -0.3 is 15.2 Å². The van der Waals surface area contributed by atoms with Crippen LogP contribution >= 0.6 is 0 Å². The van der Waals surface area contributed by atoms with Crippen LogP contribution in [0.2, 0.25) is 0 Å². The molecule has 4 aromatic heterocycles. The monoisotopic (exact) mass is 550 g/mol. The number of halogens is 2. The Hall–Kier alpha value is -4.32. The maximum Gasteiger partial charge on any atom is 0.329 e. The number of hydrogen-bond acceptors (Lipinski definition) is 5. The van der Waals surface area contributed by atoms with E-state index in [0.29, 0.717) is 52.5 Å². The Kier molecular flexibility index (Phi) is 6.10. The van der Waals surface area contributed by atoms with E-state index in [1.807, 2.05) is 0 Å². The van der Waals surface area contributed by atoms with Crippen molar-refractivity contribution in [3.8, 4) is 22.4 Å². The average Bonchev–Trinajstić information content (AvgIpc) is 3.63. The van der Waals surface area contributed by atoms with Gasteiger partial charge in [-0.15, -0.1) is 5.10 Å². The van der Waals surface area contributed by atoms with Crippen LogP contribution < -0.4 is 5.69 Å². The minimum absolute atomic E-state index is 0.104. The molecule has 0 unspecified atom stereocenters. The standard InChI is InChI=1S/C28H28F2N6O4/c1-13(8-21(38)39)14-4-7-17(19(29)9-14)22-23-25-20(35(3)28(40)36(25)15-5-6-16(37)10-15)11-31-27(23)32-24(22)18-12-34(2)33-26(18)30/h4,7,9,11-13,15-16,37H,5-6,8,10H2,1-3H3,(H,31,32)(H,38,39)/t13-,15+,16+/m1/s1. The number of aromatic nitrogens is 6. The first-order valence-corrected chi connectivity index (χ1v) is 13.1. The van der Waals surface area contributed by atoms with E-state index in [2.05, 4.69) is 15.1 Å². The molecule has 208 valence electrons. The number of aliphatic hydroxyl groups is 1. The summed E-state index contributed by atoms with van der Waals surface area (Å²) in [5.41, 5.74) is 2.40. The van der Waals surface area contributed by atoms with Crippen molar-refractivity contribution in [1.29, 1.82) is 0 Å². The zero-order valence-electron chi connectivity index (χ0n) is 22.2. The van der Waals surface area contributed by atoms with Crippen molar-refractivity contribution in [3.05, 3.63) is 58.4 Å². The molecule has 3 atom stereocenters. The maximum absolute atomic E-state index is 16.0. The molecule has 0 saturated heterocycles. The summed E-state index contributed by atoms with van der Waals surface area (Å²) in [5, 5.41) is 23.7. The SMILES string of the molecule is C[C@H](CC(=O)O)c1ccc(-c2c(-c3cn(C)nc3F)[nH]c3ncc4c(c23)n([C@H]2CC[C@H](O)C2)c(=O)n4C)c(F)c1. The third kappa shape index (κ3) is 4.01. The number of H-pyrrole nitrogens is 1. The van der Waals surface area contributed by atoms with Crippen LogP contribution in [0.3, 0.4) is 0 Å². The lowest BCUT2D eigenvalue weighted by Gasteiger charge is -2.14. The molecule has 6 rings (SSSR count). The number of nitrogens with one attached hydrogen (secondary N) is 1. The van der Waals surface area contributed by atoms with Gasteiger partial charge in [-0.05, 0) is 36.8 Å². The number of nitrogens with zero attached hydrogens (tertiary/aromatic N) is 5. The Morgan fingerprint density at radius 3 is 2.62 bits per heavy atom. The fourth-order valence-electron chi connectivity index (χ4n) is 6.01. The van der Waals surface area contributed by atoms with Crippen LogP contribution in [0.15, 0.2) is 35.4 Å². The molecule has 1 aromatic carbocycles. The maximum atomic E-state index is 16.0. The lowest BCUT2D eigenvalue weighted by molar-refractivity contribution is -0.137. The number of carboxylic acid groups (broad SMARTS) is 1. The molecule has 0 aliphatic heterocycles. The van der Waals surface area contributed by atoms with Crippen molar-refractivity contribution >= 4 is 28.0 Å². The Morgan fingerprint density at radius 2 is 2.00 bits per heavy atom. The van der Waals surface area contributed by atoms with Gasteiger partial charge in [0.1, 0.15) is 11.5 Å². The number of aliphatic hydroxyl groups excluding tert-OH is 1. The van der Waals surface area contributed by atoms with Crippen molar-refractivity contribution in [2.24, 2.45) is 14.1 Å². The molecule has 0 bridgehead atoms. The summed E-state index contributed by atoms with van der Waals surface area (Å²) < 4.78 is 35.5. The molecule has 1 aliphatic rings. The smallest absolute Gasteiger partial charge is 0.329 e. The van der Waals surface area contributed by atoms with E-state index in [1.165, 1.54) is 21.5 Å². The Labute approximate surface area is 226 Å². The molecule has 0 amide bonds. The molecule has 10 nitrogen and oxygen atoms in total. The second kappa shape index (κ2) is 9.40. The number of aryl methyl sites for hydroxylation is 2. The number of rotatable bonds is 6. The highest BCUT2D eigenvalue weighted by Gasteiger charge is 2.31. The van der Waals surface area contributed by atoms with Crippen LogP contribution in [0.5, 0.6) is 0 Å². The lowest BCUT2D eigenvalue weighted by Crippen LogP contribution is -2.25. The van der Waals surface area contributed by atoms with Gasteiger partial charge in [-0.3, -0.25) is 18.6 Å². The van der Waals surface area contributed by atoms with Crippen molar-refractivity contribution < 1.29 is 23.8 Å². The van der Waals surface area contributed by atoms with Crippen LogP contribution in [0.4, 0.5) is 8.78 Å². The van der Waals surface area contributed by atoms with Gasteiger partial charge in [0.25, 0.3) is 0 Å². The zero-order chi connectivity index (χ0) is 28.5. The number of pyridine rings is 1. The third-order valence-corrected chi connectivity index (χ3v) is 7.98. The van der Waals surface area contributed by atoms with Gasteiger partial charge in [0, 0.05) is 37.5 Å². The molecule has 40 heavy (non-hydrogen) atoms. The summed E-state index contributed by atoms with van der Waals surface area (Å²) in [5.74, 6) is -2.81. The molecular weight excluding hydrogens is 522 g/mol. The summed E-state index contributed by atoms with van der Waals surface area (Å²) in [6.07, 6.45) is 3.89. The molecule has 1 fully saturated rings. The molecule has 4 heterocycles. The highest BCUT2D eigenvalue weighted by molar-refractivity contribution is 6.14. The van der Waals surface area contributed by atoms with Crippen molar-refractivity contribution in [2.75, 3.05) is 0 Å². The zero-order valence-corrected chi connectivity index (χ0v) is 22.2. The molecule has 1 saturated carbocycles. The molecule has 5 aromatic rings. The number of aliphatic carboxylic acids is 1. The van der Waals surface area contributed by atoms with Crippen LogP contribution in [-0.4, -0.2) is 51.2 Å². The van der Waals surface area contributed by atoms with E-state index in [9.17, 15) is 19.8 Å². The van der Waals surface area contributed by atoms with E-state index in [1.54, 1.807) is 43.9 Å². The van der Waals surface area contributed by atoms with E-state index < -0.39 is 29.8 Å². The predicted molar refractivity (Wildman–Crippen MR) is 144 cm³/mol. The van der Waals surface area contributed by atoms with Crippen LogP contribution in [0, 0.1) is 11.8 Å². The number of carboxylic acids is 1. The first kappa shape index (κ1) is 25.9. The lowest BCUT2D eigenvalue weighted by atomic mass is 9.93. The summed E-state index contributed by atoms with van der Waals surface area (Å²) in [7, 11) is 3.21. The number of aromatic amines is 1. The molecule has 0 spiro atoms. The Balaban J connectivity index is 1.70. The summed E-state index contributed by atoms with van der Waals surface area (Å²) >= 11 is 0. The van der Waals surface area contributed by atoms with E-state index in [0.717, 1.165) is 0 Å². The van der Waals surface area contributed by atoms with Gasteiger partial charge in [0.05, 0.1) is 46.4 Å². The molecule has 1 aliphatic carbocycles. The van der Waals surface area contributed by atoms with Crippen molar-refractivity contribution in [2.45, 2.75) is 50.7 Å². The summed E-state index contributed by atoms with van der Waals surface area (Å²) in [6.45, 7) is 1.71. The fourth-order valence-corrected chi connectivity index (χ4v) is 6.01. The summed E-state index contributed by atoms with van der Waals surface area (Å²) in [6, 6.07) is 4.23. The minimum atomic E-state index is -0.990. The quantitative estimate of drug-likeness (QED) is 0.290. The number of hydrogen-bond donors (Lipinski definition) is 3. The second-order valence-corrected chi connectivity index (χ2v) is 10.7. The van der Waals surface area contributed by atoms with Gasteiger partial charge in [-0.25, -0.2) is 14.2 Å². The third-order valence-electron chi connectivity index (χ3n) is 7.98. The van der Waals surface area contributed by atoms with Gasteiger partial charge >= 0.3 is 11.7 Å². The number of carbonyl (C=O) groups is 1. The van der Waals surface area contributed by atoms with E-state index >= 15 is 8.78 Å². The van der Waals surface area contributed by atoms with Crippen molar-refractivity contribution in [1.82, 2.24) is 28.9 Å². The average molecular weight is 551 g/mol. The van der Waals surface area contributed by atoms with Gasteiger partial charge in [0.2, 0.25) is 5.95 Å². The largest absolute Gasteiger partial charge is 0.481 e. The van der Waals surface area contributed by atoms with Crippen LogP contribution in [0.1, 0.15) is 50.1 Å². The first-order chi connectivity index (χ1) is 19.0. The minimum Gasteiger partial charge on any atom is -0.481 e. The first-order valence-electron chi connectivity index (χ1n) is 13.1. The van der Waals surface area contributed by atoms with Crippen LogP contribution in [0.25, 0.3) is 44.5 Å². The Bertz CT molecular complexity index is 1870. The van der Waals surface area contributed by atoms with Gasteiger partial charge in [-0.2, -0.15) is 4.39 Å². The van der Waals surface area contributed by atoms with Crippen molar-refractivity contribution in [3.63, 3.8) is 0 Å². The van der Waals surface area contributed by atoms with Crippen LogP contribution in [-0.2, 0) is 18.9 Å². The number of benzene rings is 1. The fraction of sp³-hybridized carbons (Fsp3) is 0.357. The summed E-state index contributed by atoms with van der Waals surface area (Å²) in [4.78, 5) is 32.4. The highest BCUT2D eigenvalue weighted by atomic mass is 19.1. The molecule has 0 radical (unpaired) electrons. The second-order valence-electron chi connectivity index (χ2n) is 10.7. The molecule has 12 heteroatoms.